The first-order valence-electron chi connectivity index (χ1n) is 12.3. The van der Waals surface area contributed by atoms with E-state index >= 15 is 0 Å². The first-order chi connectivity index (χ1) is 17.5. The molecule has 36 heavy (non-hydrogen) atoms. The molecule has 4 aromatic rings. The van der Waals surface area contributed by atoms with Crippen LogP contribution < -0.4 is 10.7 Å². The summed E-state index contributed by atoms with van der Waals surface area (Å²) in [5, 5.41) is 6.70. The zero-order valence-electron chi connectivity index (χ0n) is 20.0. The highest BCUT2D eigenvalue weighted by atomic mass is 35.5. The number of aromatic amines is 1. The molecular formula is C24H27ClN8O3. The zero-order valence-corrected chi connectivity index (χ0v) is 20.7. The van der Waals surface area contributed by atoms with Crippen molar-refractivity contribution in [3.8, 4) is 23.0 Å². The molecule has 11 nitrogen and oxygen atoms in total. The lowest BCUT2D eigenvalue weighted by molar-refractivity contribution is 0.121. The second-order valence-corrected chi connectivity index (χ2v) is 10.1. The van der Waals surface area contributed by atoms with Gasteiger partial charge in [-0.25, -0.2) is 19.9 Å². The molecule has 12 heteroatoms. The fraction of sp³-hybridized carbons (Fsp3) is 0.500. The Kier molecular flexibility index (Phi) is 6.18. The highest BCUT2D eigenvalue weighted by molar-refractivity contribution is 6.30. The van der Waals surface area contributed by atoms with Crippen LogP contribution >= 0.6 is 11.6 Å². The number of imidazole rings is 1. The second kappa shape index (κ2) is 9.62. The van der Waals surface area contributed by atoms with Gasteiger partial charge < -0.3 is 18.6 Å². The summed E-state index contributed by atoms with van der Waals surface area (Å²) in [4.78, 5) is 32.6. The van der Waals surface area contributed by atoms with Crippen molar-refractivity contribution in [1.82, 2.24) is 34.7 Å². The van der Waals surface area contributed by atoms with Gasteiger partial charge in [-0.2, -0.15) is 4.98 Å². The fourth-order valence-corrected chi connectivity index (χ4v) is 5.31. The number of nitrogens with one attached hydrogen (secondary N) is 1. The van der Waals surface area contributed by atoms with Crippen molar-refractivity contribution in [3.63, 3.8) is 0 Å². The normalized spacial score (nSPS) is 20.8. The first-order valence-corrected chi connectivity index (χ1v) is 12.7. The summed E-state index contributed by atoms with van der Waals surface area (Å²) in [7, 11) is 0. The van der Waals surface area contributed by atoms with Gasteiger partial charge >= 0.3 is 5.76 Å². The number of pyridine rings is 1. The van der Waals surface area contributed by atoms with E-state index in [9.17, 15) is 4.79 Å². The molecule has 0 aromatic carbocycles. The van der Waals surface area contributed by atoms with E-state index in [1.165, 1.54) is 25.7 Å². The largest absolute Gasteiger partial charge is 0.434 e. The predicted molar refractivity (Wildman–Crippen MR) is 134 cm³/mol. The van der Waals surface area contributed by atoms with Gasteiger partial charge in [-0.15, -0.1) is 5.10 Å². The van der Waals surface area contributed by atoms with Crippen LogP contribution in [0.4, 0.5) is 5.95 Å². The number of fused-ring (bicyclic) bond motifs is 1. The Hall–Kier alpha value is -3.31. The van der Waals surface area contributed by atoms with Crippen LogP contribution in [0.5, 0.6) is 0 Å². The van der Waals surface area contributed by atoms with E-state index in [4.69, 9.17) is 30.7 Å². The van der Waals surface area contributed by atoms with Gasteiger partial charge in [-0.3, -0.25) is 4.98 Å². The average Bonchev–Trinajstić information content (AvgIpc) is 3.49. The van der Waals surface area contributed by atoms with Crippen LogP contribution in [0.25, 0.3) is 34.1 Å². The lowest BCUT2D eigenvalue weighted by Gasteiger charge is -2.31. The molecule has 0 unspecified atom stereocenters. The molecule has 1 saturated carbocycles. The van der Waals surface area contributed by atoms with E-state index < -0.39 is 5.76 Å². The topological polar surface area (TPSA) is 128 Å². The molecule has 6 rings (SSSR count). The summed E-state index contributed by atoms with van der Waals surface area (Å²) in [6.07, 6.45) is 8.11. The van der Waals surface area contributed by atoms with Crippen molar-refractivity contribution in [2.45, 2.75) is 39.2 Å². The Labute approximate surface area is 211 Å². The molecule has 0 amide bonds. The third-order valence-electron chi connectivity index (χ3n) is 7.06. The Morgan fingerprint density at radius 3 is 2.64 bits per heavy atom. The Morgan fingerprint density at radius 2 is 1.92 bits per heavy atom. The summed E-state index contributed by atoms with van der Waals surface area (Å²) < 4.78 is 13.0. The minimum Gasteiger partial charge on any atom is -0.384 e. The summed E-state index contributed by atoms with van der Waals surface area (Å²) in [5.74, 6) is 1.64. The van der Waals surface area contributed by atoms with E-state index in [1.807, 2.05) is 6.07 Å². The van der Waals surface area contributed by atoms with Crippen LogP contribution in [-0.2, 0) is 11.3 Å². The summed E-state index contributed by atoms with van der Waals surface area (Å²) in [6.45, 7) is 5.92. The van der Waals surface area contributed by atoms with Crippen molar-refractivity contribution >= 4 is 28.7 Å². The van der Waals surface area contributed by atoms with Gasteiger partial charge in [0.15, 0.2) is 5.65 Å². The molecule has 0 spiro atoms. The highest BCUT2D eigenvalue weighted by Gasteiger charge is 2.28. The minimum atomic E-state index is -0.675. The molecule has 0 bridgehead atoms. The number of nitrogens with zero attached hydrogens (tertiary/aromatic N) is 7. The van der Waals surface area contributed by atoms with E-state index in [-0.39, 0.29) is 11.7 Å². The van der Waals surface area contributed by atoms with Gasteiger partial charge in [0.25, 0.3) is 5.89 Å². The molecule has 188 valence electrons. The van der Waals surface area contributed by atoms with E-state index in [0.717, 1.165) is 42.6 Å². The Morgan fingerprint density at radius 1 is 1.11 bits per heavy atom. The molecule has 1 N–H and O–H groups in total. The number of ether oxygens (including phenoxy) is 1. The van der Waals surface area contributed by atoms with E-state index in [0.29, 0.717) is 35.5 Å². The molecule has 4 aromatic heterocycles. The lowest BCUT2D eigenvalue weighted by atomic mass is 9.83. The molecule has 0 atom stereocenters. The van der Waals surface area contributed by atoms with Gasteiger partial charge in [0.05, 0.1) is 18.2 Å². The van der Waals surface area contributed by atoms with Gasteiger partial charge in [-0.05, 0) is 30.7 Å². The van der Waals surface area contributed by atoms with Gasteiger partial charge in [0, 0.05) is 37.6 Å². The van der Waals surface area contributed by atoms with Crippen LogP contribution in [0, 0.1) is 11.8 Å². The van der Waals surface area contributed by atoms with Crippen LogP contribution in [0.15, 0.2) is 27.7 Å². The van der Waals surface area contributed by atoms with Crippen molar-refractivity contribution in [2.24, 2.45) is 11.8 Å². The number of hydrogen-bond acceptors (Lipinski definition) is 9. The molecular weight excluding hydrogens is 484 g/mol. The van der Waals surface area contributed by atoms with Gasteiger partial charge in [-0.1, -0.05) is 31.4 Å². The number of hydrogen-bond donors (Lipinski definition) is 1. The van der Waals surface area contributed by atoms with Gasteiger partial charge in [0.1, 0.15) is 11.2 Å². The number of H-pyrrole nitrogens is 1. The number of rotatable bonds is 5. The maximum Gasteiger partial charge on any atom is 0.434 e. The lowest BCUT2D eigenvalue weighted by Crippen LogP contribution is -2.38. The third-order valence-corrected chi connectivity index (χ3v) is 7.27. The van der Waals surface area contributed by atoms with E-state index in [2.05, 4.69) is 36.6 Å². The summed E-state index contributed by atoms with van der Waals surface area (Å²) >= 11 is 6.31. The SMILES string of the molecule is CC1CCC(Cn2c(N3CCOCC3)nc3nc(-c4n[nH]c(=O)o4)nc(-c4cncc(Cl)c4)c32)CC1. The van der Waals surface area contributed by atoms with Crippen LogP contribution in [0.1, 0.15) is 32.6 Å². The number of anilines is 1. The van der Waals surface area contributed by atoms with Crippen LogP contribution in [0.3, 0.4) is 0 Å². The molecule has 5 heterocycles. The molecule has 2 aliphatic rings. The van der Waals surface area contributed by atoms with Crippen molar-refractivity contribution in [1.29, 1.82) is 0 Å². The number of morpholine rings is 1. The fourth-order valence-electron chi connectivity index (χ4n) is 5.14. The summed E-state index contributed by atoms with van der Waals surface area (Å²) in [5.41, 5.74) is 2.65. The predicted octanol–water partition coefficient (Wildman–Crippen LogP) is 3.55. The minimum absolute atomic E-state index is 0.00174. The third kappa shape index (κ3) is 4.48. The van der Waals surface area contributed by atoms with Crippen molar-refractivity contribution in [2.75, 3.05) is 31.2 Å². The smallest absolute Gasteiger partial charge is 0.384 e. The van der Waals surface area contributed by atoms with Gasteiger partial charge in [0.2, 0.25) is 11.8 Å². The Bertz CT molecular complexity index is 1430. The molecule has 0 radical (unpaired) electrons. The van der Waals surface area contributed by atoms with Crippen molar-refractivity contribution < 1.29 is 9.15 Å². The number of aromatic nitrogens is 7. The molecule has 2 fully saturated rings. The monoisotopic (exact) mass is 510 g/mol. The van der Waals surface area contributed by atoms with Crippen LogP contribution in [0.2, 0.25) is 5.02 Å². The maximum absolute atomic E-state index is 11.6. The quantitative estimate of drug-likeness (QED) is 0.428. The zero-order chi connectivity index (χ0) is 24.6. The Balaban J connectivity index is 1.56. The first kappa shape index (κ1) is 23.1. The molecule has 1 saturated heterocycles. The van der Waals surface area contributed by atoms with Crippen molar-refractivity contribution in [3.05, 3.63) is 34.0 Å². The standard InChI is InChI=1S/C24H27ClN8O3/c1-14-2-4-15(5-3-14)13-33-19-18(16-10-17(25)12-26-11-16)27-21(22-30-31-24(34)36-22)28-20(19)29-23(33)32-6-8-35-9-7-32/h10-12,14-15H,2-9,13H2,1H3,(H,31,34). The second-order valence-electron chi connectivity index (χ2n) is 9.63. The van der Waals surface area contributed by atoms with Crippen LogP contribution in [-0.4, -0.2) is 61.0 Å². The number of halogens is 1. The average molecular weight is 511 g/mol. The van der Waals surface area contributed by atoms with E-state index in [1.54, 1.807) is 12.4 Å². The maximum atomic E-state index is 11.6. The highest BCUT2D eigenvalue weighted by Crippen LogP contribution is 2.36. The summed E-state index contributed by atoms with van der Waals surface area (Å²) in [6, 6.07) is 1.81. The molecule has 1 aliphatic carbocycles. The molecule has 1 aliphatic heterocycles.